The molecule has 3 aliphatic rings. The first-order chi connectivity index (χ1) is 11.0. The molecular formula is C15H24O9. The van der Waals surface area contributed by atoms with Gasteiger partial charge in [-0.15, -0.1) is 0 Å². The van der Waals surface area contributed by atoms with E-state index >= 15 is 0 Å². The molecule has 3 aliphatic heterocycles. The Morgan fingerprint density at radius 1 is 1.00 bits per heavy atom. The van der Waals surface area contributed by atoms with Gasteiger partial charge in [0.05, 0.1) is 13.7 Å². The van der Waals surface area contributed by atoms with Crippen LogP contribution in [0.15, 0.2) is 0 Å². The van der Waals surface area contributed by atoms with Crippen molar-refractivity contribution in [2.45, 2.75) is 75.6 Å². The summed E-state index contributed by atoms with van der Waals surface area (Å²) in [5, 5.41) is 21.1. The molecule has 9 nitrogen and oxygen atoms in total. The van der Waals surface area contributed by atoms with Crippen molar-refractivity contribution in [3.05, 3.63) is 0 Å². The number of esters is 1. The number of ether oxygens (including phenoxy) is 6. The molecule has 0 radical (unpaired) electrons. The predicted molar refractivity (Wildman–Crippen MR) is 76.6 cm³/mol. The molecule has 0 spiro atoms. The quantitative estimate of drug-likeness (QED) is 0.624. The van der Waals surface area contributed by atoms with Crippen LogP contribution in [-0.4, -0.2) is 77.8 Å². The monoisotopic (exact) mass is 348 g/mol. The largest absolute Gasteiger partial charge is 0.465 e. The molecule has 6 atom stereocenters. The van der Waals surface area contributed by atoms with Crippen molar-refractivity contribution in [2.24, 2.45) is 0 Å². The molecule has 24 heavy (non-hydrogen) atoms. The van der Waals surface area contributed by atoms with Gasteiger partial charge in [0.15, 0.2) is 11.6 Å². The van der Waals surface area contributed by atoms with Crippen LogP contribution in [0, 0.1) is 0 Å². The lowest BCUT2D eigenvalue weighted by atomic mass is 9.90. The summed E-state index contributed by atoms with van der Waals surface area (Å²) >= 11 is 0. The molecule has 1 unspecified atom stereocenters. The van der Waals surface area contributed by atoms with Gasteiger partial charge in [-0.1, -0.05) is 0 Å². The van der Waals surface area contributed by atoms with Crippen LogP contribution >= 0.6 is 0 Å². The second-order valence-corrected chi connectivity index (χ2v) is 7.15. The highest BCUT2D eigenvalue weighted by Gasteiger charge is 2.66. The number of rotatable bonds is 2. The topological polar surface area (TPSA) is 113 Å². The fraction of sp³-hybridized carbons (Fsp3) is 0.933. The van der Waals surface area contributed by atoms with Crippen molar-refractivity contribution in [2.75, 3.05) is 13.7 Å². The molecule has 3 heterocycles. The second kappa shape index (κ2) is 5.60. The van der Waals surface area contributed by atoms with Crippen LogP contribution in [0.1, 0.15) is 27.7 Å². The van der Waals surface area contributed by atoms with Crippen molar-refractivity contribution >= 4 is 5.97 Å². The van der Waals surface area contributed by atoms with Gasteiger partial charge >= 0.3 is 5.97 Å². The van der Waals surface area contributed by atoms with Crippen LogP contribution in [0.3, 0.4) is 0 Å². The van der Waals surface area contributed by atoms with E-state index in [2.05, 4.69) is 4.74 Å². The number of aliphatic hydroxyl groups excluding tert-OH is 1. The highest BCUT2D eigenvalue weighted by atomic mass is 16.8. The van der Waals surface area contributed by atoms with E-state index in [9.17, 15) is 15.0 Å². The summed E-state index contributed by atoms with van der Waals surface area (Å²) in [5.74, 6) is -5.56. The lowest BCUT2D eigenvalue weighted by Gasteiger charge is -2.44. The molecule has 0 bridgehead atoms. The summed E-state index contributed by atoms with van der Waals surface area (Å²) in [6, 6.07) is 0. The van der Waals surface area contributed by atoms with E-state index in [0.29, 0.717) is 0 Å². The van der Waals surface area contributed by atoms with Gasteiger partial charge in [0, 0.05) is 0 Å². The molecule has 3 rings (SSSR count). The van der Waals surface area contributed by atoms with Gasteiger partial charge in [-0.3, -0.25) is 0 Å². The molecule has 2 N–H and O–H groups in total. The molecule has 3 fully saturated rings. The summed E-state index contributed by atoms with van der Waals surface area (Å²) in [4.78, 5) is 12.0. The van der Waals surface area contributed by atoms with Crippen molar-refractivity contribution in [3.8, 4) is 0 Å². The Balaban J connectivity index is 1.93. The van der Waals surface area contributed by atoms with E-state index in [1.165, 1.54) is 0 Å². The van der Waals surface area contributed by atoms with Crippen molar-refractivity contribution in [1.29, 1.82) is 0 Å². The van der Waals surface area contributed by atoms with Crippen LogP contribution in [-0.2, 0) is 33.2 Å². The third-order valence-corrected chi connectivity index (χ3v) is 4.39. The predicted octanol–water partition coefficient (Wildman–Crippen LogP) is -0.721. The Hall–Kier alpha value is -0.810. The smallest absolute Gasteiger partial charge is 0.369 e. The summed E-state index contributed by atoms with van der Waals surface area (Å²) in [5.41, 5.74) is 0. The molecule has 0 aromatic carbocycles. The lowest BCUT2D eigenvalue weighted by molar-refractivity contribution is -0.333. The van der Waals surface area contributed by atoms with E-state index in [1.54, 1.807) is 27.7 Å². The molecule has 0 aromatic heterocycles. The van der Waals surface area contributed by atoms with Gasteiger partial charge in [0.2, 0.25) is 0 Å². The van der Waals surface area contributed by atoms with E-state index in [0.717, 1.165) is 7.11 Å². The van der Waals surface area contributed by atoms with Crippen LogP contribution in [0.25, 0.3) is 0 Å². The summed E-state index contributed by atoms with van der Waals surface area (Å²) < 4.78 is 32.9. The number of hydrogen-bond acceptors (Lipinski definition) is 9. The van der Waals surface area contributed by atoms with Crippen molar-refractivity contribution in [1.82, 2.24) is 0 Å². The van der Waals surface area contributed by atoms with Crippen LogP contribution in [0.2, 0.25) is 0 Å². The first-order valence-corrected chi connectivity index (χ1v) is 7.83. The van der Waals surface area contributed by atoms with Crippen LogP contribution < -0.4 is 0 Å². The second-order valence-electron chi connectivity index (χ2n) is 7.15. The minimum Gasteiger partial charge on any atom is -0.465 e. The van der Waals surface area contributed by atoms with Gasteiger partial charge in [0.1, 0.15) is 30.5 Å². The molecule has 9 heteroatoms. The SMILES string of the molecule is COC(=O)C1(O)O[C@H]([C@H]2COC(C)(C)O2)[C@@H]2OC(C)(C)O[C@@H]2[C@@H]1O. The normalized spacial score (nSPS) is 46.5. The number of hydrogen-bond donors (Lipinski definition) is 2. The third-order valence-electron chi connectivity index (χ3n) is 4.39. The molecular weight excluding hydrogens is 324 g/mol. The lowest BCUT2D eigenvalue weighted by Crippen LogP contribution is -2.69. The Morgan fingerprint density at radius 3 is 2.17 bits per heavy atom. The van der Waals surface area contributed by atoms with Gasteiger partial charge in [-0.05, 0) is 27.7 Å². The summed E-state index contributed by atoms with van der Waals surface area (Å²) in [7, 11) is 1.09. The Labute approximate surface area is 139 Å². The van der Waals surface area contributed by atoms with Gasteiger partial charge < -0.3 is 38.6 Å². The standard InChI is InChI=1S/C15H24O9/c1-13(2)20-6-7(21-13)8-9-10(23-14(3,4)22-9)11(16)15(18,24-8)12(17)19-5/h7-11,16,18H,6H2,1-5H3/t7-,8-,9+,10+,11+,15?/m1/s1. The fourth-order valence-corrected chi connectivity index (χ4v) is 3.36. The van der Waals surface area contributed by atoms with Crippen molar-refractivity contribution < 1.29 is 43.4 Å². The molecule has 0 aliphatic carbocycles. The Kier molecular flexibility index (Phi) is 4.20. The van der Waals surface area contributed by atoms with Crippen molar-refractivity contribution in [3.63, 3.8) is 0 Å². The van der Waals surface area contributed by atoms with E-state index in [1.807, 2.05) is 0 Å². The molecule has 0 aromatic rings. The Morgan fingerprint density at radius 2 is 1.62 bits per heavy atom. The Bertz CT molecular complexity index is 519. The number of methoxy groups -OCH3 is 1. The summed E-state index contributed by atoms with van der Waals surface area (Å²) in [6.45, 7) is 7.00. The van der Waals surface area contributed by atoms with E-state index in [-0.39, 0.29) is 6.61 Å². The van der Waals surface area contributed by atoms with E-state index < -0.39 is 53.9 Å². The third kappa shape index (κ3) is 2.84. The molecule has 138 valence electrons. The maximum atomic E-state index is 12.0. The van der Waals surface area contributed by atoms with E-state index in [4.69, 9.17) is 23.7 Å². The first-order valence-electron chi connectivity index (χ1n) is 7.83. The zero-order valence-corrected chi connectivity index (χ0v) is 14.3. The maximum Gasteiger partial charge on any atom is 0.369 e. The minimum absolute atomic E-state index is 0.179. The highest BCUT2D eigenvalue weighted by Crippen LogP contribution is 2.43. The zero-order chi connectivity index (χ0) is 17.9. The molecule has 3 saturated heterocycles. The number of fused-ring (bicyclic) bond motifs is 1. The summed E-state index contributed by atoms with van der Waals surface area (Å²) in [6.07, 6.45) is -4.93. The van der Waals surface area contributed by atoms with Gasteiger partial charge in [-0.25, -0.2) is 4.79 Å². The van der Waals surface area contributed by atoms with Gasteiger partial charge in [-0.2, -0.15) is 0 Å². The highest BCUT2D eigenvalue weighted by molar-refractivity contribution is 5.78. The zero-order valence-electron chi connectivity index (χ0n) is 14.3. The van der Waals surface area contributed by atoms with Crippen LogP contribution in [0.4, 0.5) is 0 Å². The number of carbonyl (C=O) groups excluding carboxylic acids is 1. The van der Waals surface area contributed by atoms with Crippen LogP contribution in [0.5, 0.6) is 0 Å². The average molecular weight is 348 g/mol. The molecule has 0 saturated carbocycles. The maximum absolute atomic E-state index is 12.0. The fourth-order valence-electron chi connectivity index (χ4n) is 3.36. The number of aliphatic hydroxyl groups is 2. The minimum atomic E-state index is -2.58. The average Bonchev–Trinajstić information content (AvgIpc) is 3.01. The van der Waals surface area contributed by atoms with Gasteiger partial charge in [0.25, 0.3) is 5.79 Å². The first kappa shape index (κ1) is 18.0. The molecule has 0 amide bonds. The number of carbonyl (C=O) groups is 1.